The second-order valence-corrected chi connectivity index (χ2v) is 4.55. The molecule has 2 aromatic rings. The van der Waals surface area contributed by atoms with E-state index in [-0.39, 0.29) is 5.69 Å². The summed E-state index contributed by atoms with van der Waals surface area (Å²) in [5.41, 5.74) is 1.68. The molecule has 1 aliphatic rings. The number of fused-ring (bicyclic) bond motifs is 1. The monoisotopic (exact) mass is 294 g/mol. The Labute approximate surface area is 126 Å². The SMILES string of the molecule is C1CCOC1.CC.COc1cccc2c1n(C)c(=O)n2C. The van der Waals surface area contributed by atoms with E-state index in [0.29, 0.717) is 0 Å². The van der Waals surface area contributed by atoms with Crippen molar-refractivity contribution in [3.63, 3.8) is 0 Å². The molecule has 3 rings (SSSR count). The van der Waals surface area contributed by atoms with Gasteiger partial charge in [0.05, 0.1) is 12.6 Å². The van der Waals surface area contributed by atoms with Gasteiger partial charge >= 0.3 is 5.69 Å². The Morgan fingerprint density at radius 2 is 1.71 bits per heavy atom. The Hall–Kier alpha value is -1.75. The van der Waals surface area contributed by atoms with Gasteiger partial charge in [-0.15, -0.1) is 0 Å². The van der Waals surface area contributed by atoms with E-state index in [0.717, 1.165) is 30.0 Å². The van der Waals surface area contributed by atoms with Crippen molar-refractivity contribution in [3.8, 4) is 5.75 Å². The number of imidazole rings is 1. The van der Waals surface area contributed by atoms with Crippen LogP contribution in [0.25, 0.3) is 11.0 Å². The van der Waals surface area contributed by atoms with E-state index < -0.39 is 0 Å². The maximum absolute atomic E-state index is 11.6. The first kappa shape index (κ1) is 17.3. The van der Waals surface area contributed by atoms with Gasteiger partial charge in [-0.05, 0) is 25.0 Å². The zero-order valence-corrected chi connectivity index (χ0v) is 13.7. The summed E-state index contributed by atoms with van der Waals surface area (Å²) in [5.74, 6) is 0.725. The molecule has 0 N–H and O–H groups in total. The van der Waals surface area contributed by atoms with Gasteiger partial charge in [0.25, 0.3) is 0 Å². The van der Waals surface area contributed by atoms with E-state index >= 15 is 0 Å². The number of hydrogen-bond donors (Lipinski definition) is 0. The number of para-hydroxylation sites is 1. The van der Waals surface area contributed by atoms with Gasteiger partial charge in [0.15, 0.2) is 0 Å². The molecule has 0 aliphatic carbocycles. The van der Waals surface area contributed by atoms with Crippen LogP contribution in [0, 0.1) is 0 Å². The third-order valence-electron chi connectivity index (χ3n) is 3.30. The molecule has 2 heterocycles. The van der Waals surface area contributed by atoms with Crippen LogP contribution in [-0.2, 0) is 18.8 Å². The molecule has 21 heavy (non-hydrogen) atoms. The molecular formula is C16H26N2O3. The average molecular weight is 294 g/mol. The molecule has 5 heteroatoms. The quantitative estimate of drug-likeness (QED) is 0.812. The fourth-order valence-corrected chi connectivity index (χ4v) is 2.22. The molecule has 1 aromatic carbocycles. The first-order valence-corrected chi connectivity index (χ1v) is 7.43. The van der Waals surface area contributed by atoms with Crippen LogP contribution in [0.3, 0.4) is 0 Å². The highest BCUT2D eigenvalue weighted by molar-refractivity contribution is 5.82. The van der Waals surface area contributed by atoms with Crippen LogP contribution < -0.4 is 10.4 Å². The minimum atomic E-state index is -0.0375. The standard InChI is InChI=1S/C10H12N2O2.C4H8O.C2H6/c1-11-7-5-4-6-8(14-3)9(7)12(2)10(11)13;1-2-4-5-3-1;1-2/h4-6H,1-3H3;1-4H2;1-2H3. The Kier molecular flexibility index (Phi) is 7.02. The van der Waals surface area contributed by atoms with Crippen molar-refractivity contribution in [2.45, 2.75) is 26.7 Å². The number of nitrogens with zero attached hydrogens (tertiary/aromatic N) is 2. The predicted octanol–water partition coefficient (Wildman–Crippen LogP) is 2.71. The molecule has 0 unspecified atom stereocenters. The van der Waals surface area contributed by atoms with Gasteiger partial charge in [-0.3, -0.25) is 9.13 Å². The van der Waals surface area contributed by atoms with Crippen LogP contribution in [0.2, 0.25) is 0 Å². The highest BCUT2D eigenvalue weighted by atomic mass is 16.5. The fourth-order valence-electron chi connectivity index (χ4n) is 2.22. The van der Waals surface area contributed by atoms with Crippen LogP contribution in [0.1, 0.15) is 26.7 Å². The number of aryl methyl sites for hydroxylation is 2. The minimum absolute atomic E-state index is 0.0375. The highest BCUT2D eigenvalue weighted by Crippen LogP contribution is 2.23. The Morgan fingerprint density at radius 3 is 2.19 bits per heavy atom. The molecule has 0 amide bonds. The zero-order chi connectivity index (χ0) is 15.8. The molecule has 0 spiro atoms. The number of aromatic nitrogens is 2. The molecule has 0 saturated carbocycles. The molecule has 118 valence electrons. The maximum Gasteiger partial charge on any atom is 0.328 e. The van der Waals surface area contributed by atoms with Gasteiger partial charge < -0.3 is 9.47 Å². The lowest BCUT2D eigenvalue weighted by Gasteiger charge is -2.02. The lowest BCUT2D eigenvalue weighted by molar-refractivity contribution is 0.198. The summed E-state index contributed by atoms with van der Waals surface area (Å²) in [5, 5.41) is 0. The molecular weight excluding hydrogens is 268 g/mol. The largest absolute Gasteiger partial charge is 0.494 e. The average Bonchev–Trinajstić information content (AvgIpc) is 3.18. The van der Waals surface area contributed by atoms with Crippen molar-refractivity contribution in [2.75, 3.05) is 20.3 Å². The first-order valence-electron chi connectivity index (χ1n) is 7.43. The molecule has 5 nitrogen and oxygen atoms in total. The van der Waals surface area contributed by atoms with Gasteiger partial charge in [-0.25, -0.2) is 4.79 Å². The van der Waals surface area contributed by atoms with Crippen LogP contribution in [0.5, 0.6) is 5.75 Å². The van der Waals surface area contributed by atoms with Crippen LogP contribution in [0.15, 0.2) is 23.0 Å². The molecule has 1 fully saturated rings. The van der Waals surface area contributed by atoms with Crippen LogP contribution in [-0.4, -0.2) is 29.5 Å². The van der Waals surface area contributed by atoms with E-state index in [4.69, 9.17) is 9.47 Å². The minimum Gasteiger partial charge on any atom is -0.494 e. The second-order valence-electron chi connectivity index (χ2n) is 4.55. The normalized spacial score (nSPS) is 13.2. The fraction of sp³-hybridized carbons (Fsp3) is 0.562. The van der Waals surface area contributed by atoms with Gasteiger partial charge in [-0.2, -0.15) is 0 Å². The van der Waals surface area contributed by atoms with Crippen molar-refractivity contribution in [3.05, 3.63) is 28.7 Å². The van der Waals surface area contributed by atoms with E-state index in [9.17, 15) is 4.79 Å². The van der Waals surface area contributed by atoms with Crippen molar-refractivity contribution in [2.24, 2.45) is 14.1 Å². The predicted molar refractivity (Wildman–Crippen MR) is 86.1 cm³/mol. The summed E-state index contributed by atoms with van der Waals surface area (Å²) in [6, 6.07) is 5.63. The van der Waals surface area contributed by atoms with Crippen LogP contribution >= 0.6 is 0 Å². The summed E-state index contributed by atoms with van der Waals surface area (Å²) in [7, 11) is 5.10. The topological polar surface area (TPSA) is 45.4 Å². The van der Waals surface area contributed by atoms with E-state index in [1.165, 1.54) is 12.8 Å². The summed E-state index contributed by atoms with van der Waals surface area (Å²) in [6.07, 6.45) is 2.56. The van der Waals surface area contributed by atoms with Crippen molar-refractivity contribution >= 4 is 11.0 Å². The van der Waals surface area contributed by atoms with Crippen molar-refractivity contribution in [1.29, 1.82) is 0 Å². The highest BCUT2D eigenvalue weighted by Gasteiger charge is 2.10. The zero-order valence-electron chi connectivity index (χ0n) is 13.7. The number of rotatable bonds is 1. The molecule has 0 atom stereocenters. The number of hydrogen-bond acceptors (Lipinski definition) is 3. The van der Waals surface area contributed by atoms with Crippen molar-refractivity contribution < 1.29 is 9.47 Å². The van der Waals surface area contributed by atoms with E-state index in [1.807, 2.05) is 32.0 Å². The van der Waals surface area contributed by atoms with E-state index in [1.54, 1.807) is 30.3 Å². The van der Waals surface area contributed by atoms with Crippen LogP contribution in [0.4, 0.5) is 0 Å². The maximum atomic E-state index is 11.6. The summed E-state index contributed by atoms with van der Waals surface area (Å²) < 4.78 is 13.3. The van der Waals surface area contributed by atoms with Gasteiger partial charge in [0.1, 0.15) is 11.3 Å². The molecule has 1 aliphatic heterocycles. The van der Waals surface area contributed by atoms with Crippen molar-refractivity contribution in [1.82, 2.24) is 9.13 Å². The smallest absolute Gasteiger partial charge is 0.328 e. The molecule has 0 radical (unpaired) electrons. The van der Waals surface area contributed by atoms with E-state index in [2.05, 4.69) is 0 Å². The second kappa shape index (κ2) is 8.52. The number of methoxy groups -OCH3 is 1. The van der Waals surface area contributed by atoms with Gasteiger partial charge in [0.2, 0.25) is 0 Å². The van der Waals surface area contributed by atoms with Gasteiger partial charge in [-0.1, -0.05) is 19.9 Å². The third-order valence-corrected chi connectivity index (χ3v) is 3.30. The van der Waals surface area contributed by atoms with Gasteiger partial charge in [0, 0.05) is 27.3 Å². The number of ether oxygens (including phenoxy) is 2. The summed E-state index contributed by atoms with van der Waals surface area (Å²) in [6.45, 7) is 6.00. The molecule has 0 bridgehead atoms. The Bertz CT molecular complexity index is 602. The third kappa shape index (κ3) is 3.88. The number of benzene rings is 1. The Morgan fingerprint density at radius 1 is 1.10 bits per heavy atom. The summed E-state index contributed by atoms with van der Waals surface area (Å²) in [4.78, 5) is 11.6. The molecule has 1 aromatic heterocycles. The lowest BCUT2D eigenvalue weighted by atomic mass is 10.3. The Balaban J connectivity index is 0.000000263. The molecule has 1 saturated heterocycles. The first-order chi connectivity index (χ1) is 10.2. The lowest BCUT2D eigenvalue weighted by Crippen LogP contribution is -2.19. The summed E-state index contributed by atoms with van der Waals surface area (Å²) >= 11 is 0.